The fourth-order valence-corrected chi connectivity index (χ4v) is 2.60. The van der Waals surface area contributed by atoms with E-state index in [9.17, 15) is 4.39 Å². The highest BCUT2D eigenvalue weighted by Gasteiger charge is 2.18. The van der Waals surface area contributed by atoms with Crippen LogP contribution in [0.5, 0.6) is 0 Å². The second-order valence-electron chi connectivity index (χ2n) is 5.22. The van der Waals surface area contributed by atoms with Crippen LogP contribution in [0.1, 0.15) is 30.4 Å². The molecule has 18 heavy (non-hydrogen) atoms. The standard InChI is InChI=1S/C15H17FN2/c1-11-2-7-14-9-17-15(18(14)10-11)8-12-3-5-13(16)6-4-12/h3-6,9,11H,2,7-8,10H2,1H3. The maximum Gasteiger partial charge on any atom is 0.123 e. The average molecular weight is 244 g/mol. The predicted octanol–water partition coefficient (Wildman–Crippen LogP) is 3.20. The summed E-state index contributed by atoms with van der Waals surface area (Å²) in [7, 11) is 0. The smallest absolute Gasteiger partial charge is 0.123 e. The van der Waals surface area contributed by atoms with Crippen LogP contribution in [0.4, 0.5) is 4.39 Å². The van der Waals surface area contributed by atoms with Gasteiger partial charge in [-0.25, -0.2) is 9.37 Å². The number of fused-ring (bicyclic) bond motifs is 1. The van der Waals surface area contributed by atoms with Crippen LogP contribution in [-0.4, -0.2) is 9.55 Å². The number of imidazole rings is 1. The van der Waals surface area contributed by atoms with E-state index in [2.05, 4.69) is 16.5 Å². The van der Waals surface area contributed by atoms with E-state index in [1.54, 1.807) is 0 Å². The number of halogens is 1. The van der Waals surface area contributed by atoms with Crippen molar-refractivity contribution in [1.82, 2.24) is 9.55 Å². The molecular weight excluding hydrogens is 227 g/mol. The Morgan fingerprint density at radius 1 is 1.33 bits per heavy atom. The quantitative estimate of drug-likeness (QED) is 0.793. The van der Waals surface area contributed by atoms with Crippen LogP contribution in [-0.2, 0) is 19.4 Å². The summed E-state index contributed by atoms with van der Waals surface area (Å²) < 4.78 is 15.2. The van der Waals surface area contributed by atoms with Gasteiger partial charge in [0.05, 0.1) is 0 Å². The fourth-order valence-electron chi connectivity index (χ4n) is 2.60. The summed E-state index contributed by atoms with van der Waals surface area (Å²) in [5.74, 6) is 1.64. The van der Waals surface area contributed by atoms with E-state index in [-0.39, 0.29) is 5.82 Å². The van der Waals surface area contributed by atoms with Crippen molar-refractivity contribution in [2.24, 2.45) is 5.92 Å². The Labute approximate surface area is 106 Å². The predicted molar refractivity (Wildman–Crippen MR) is 68.9 cm³/mol. The van der Waals surface area contributed by atoms with Crippen molar-refractivity contribution < 1.29 is 4.39 Å². The summed E-state index contributed by atoms with van der Waals surface area (Å²) in [6.07, 6.45) is 5.15. The monoisotopic (exact) mass is 244 g/mol. The molecule has 1 aromatic carbocycles. The number of hydrogen-bond acceptors (Lipinski definition) is 1. The largest absolute Gasteiger partial charge is 0.332 e. The summed E-state index contributed by atoms with van der Waals surface area (Å²) in [5.41, 5.74) is 2.45. The molecule has 2 nitrogen and oxygen atoms in total. The molecule has 0 N–H and O–H groups in total. The molecule has 0 saturated carbocycles. The van der Waals surface area contributed by atoms with Crippen LogP contribution in [0, 0.1) is 11.7 Å². The van der Waals surface area contributed by atoms with Crippen molar-refractivity contribution in [3.63, 3.8) is 0 Å². The van der Waals surface area contributed by atoms with Gasteiger partial charge >= 0.3 is 0 Å². The molecule has 0 spiro atoms. The van der Waals surface area contributed by atoms with Crippen LogP contribution >= 0.6 is 0 Å². The molecule has 0 fully saturated rings. The van der Waals surface area contributed by atoms with E-state index in [0.717, 1.165) is 36.7 Å². The molecule has 1 atom stereocenters. The molecular formula is C15H17FN2. The SMILES string of the molecule is CC1CCc2cnc(Cc3ccc(F)cc3)n2C1. The molecule has 0 radical (unpaired) electrons. The first kappa shape index (κ1) is 11.5. The summed E-state index contributed by atoms with van der Waals surface area (Å²) in [6, 6.07) is 6.70. The van der Waals surface area contributed by atoms with E-state index >= 15 is 0 Å². The fraction of sp³-hybridized carbons (Fsp3) is 0.400. The van der Waals surface area contributed by atoms with Gasteiger partial charge in [-0.2, -0.15) is 0 Å². The summed E-state index contributed by atoms with van der Waals surface area (Å²) in [5, 5.41) is 0. The van der Waals surface area contributed by atoms with Crippen molar-refractivity contribution >= 4 is 0 Å². The van der Waals surface area contributed by atoms with Crippen LogP contribution in [0.25, 0.3) is 0 Å². The first-order valence-electron chi connectivity index (χ1n) is 6.50. The summed E-state index contributed by atoms with van der Waals surface area (Å²) >= 11 is 0. The van der Waals surface area contributed by atoms with E-state index in [1.165, 1.54) is 24.2 Å². The number of benzene rings is 1. The normalized spacial score (nSPS) is 18.7. The maximum atomic E-state index is 12.9. The third kappa shape index (κ3) is 2.17. The maximum absolute atomic E-state index is 12.9. The molecule has 0 saturated heterocycles. The Hall–Kier alpha value is -1.64. The molecule has 1 aromatic heterocycles. The number of hydrogen-bond donors (Lipinski definition) is 0. The average Bonchev–Trinajstić information content (AvgIpc) is 2.75. The van der Waals surface area contributed by atoms with Crippen LogP contribution in [0.3, 0.4) is 0 Å². The zero-order valence-corrected chi connectivity index (χ0v) is 10.6. The minimum absolute atomic E-state index is 0.183. The van der Waals surface area contributed by atoms with Crippen molar-refractivity contribution in [3.8, 4) is 0 Å². The van der Waals surface area contributed by atoms with E-state index in [1.807, 2.05) is 18.3 Å². The highest BCUT2D eigenvalue weighted by molar-refractivity contribution is 5.21. The lowest BCUT2D eigenvalue weighted by Gasteiger charge is -2.22. The summed E-state index contributed by atoms with van der Waals surface area (Å²) in [4.78, 5) is 4.52. The Balaban J connectivity index is 1.85. The van der Waals surface area contributed by atoms with Crippen LogP contribution in [0.15, 0.2) is 30.5 Å². The van der Waals surface area contributed by atoms with Gasteiger partial charge in [0, 0.05) is 24.9 Å². The Morgan fingerprint density at radius 3 is 2.89 bits per heavy atom. The Kier molecular flexibility index (Phi) is 2.90. The minimum Gasteiger partial charge on any atom is -0.332 e. The molecule has 3 rings (SSSR count). The van der Waals surface area contributed by atoms with Gasteiger partial charge in [0.1, 0.15) is 11.6 Å². The van der Waals surface area contributed by atoms with Crippen molar-refractivity contribution in [2.75, 3.05) is 0 Å². The zero-order chi connectivity index (χ0) is 12.5. The van der Waals surface area contributed by atoms with Crippen molar-refractivity contribution in [2.45, 2.75) is 32.7 Å². The van der Waals surface area contributed by atoms with E-state index in [0.29, 0.717) is 0 Å². The van der Waals surface area contributed by atoms with Gasteiger partial charge in [0.15, 0.2) is 0 Å². The van der Waals surface area contributed by atoms with Gasteiger partial charge in [0.2, 0.25) is 0 Å². The first-order chi connectivity index (χ1) is 8.72. The Bertz CT molecular complexity index is 542. The highest BCUT2D eigenvalue weighted by atomic mass is 19.1. The lowest BCUT2D eigenvalue weighted by Crippen LogP contribution is -2.19. The molecule has 2 heterocycles. The Morgan fingerprint density at radius 2 is 2.11 bits per heavy atom. The highest BCUT2D eigenvalue weighted by Crippen LogP contribution is 2.22. The van der Waals surface area contributed by atoms with Crippen LogP contribution < -0.4 is 0 Å². The second-order valence-corrected chi connectivity index (χ2v) is 5.22. The molecule has 3 heteroatoms. The molecule has 0 bridgehead atoms. The third-order valence-electron chi connectivity index (χ3n) is 3.68. The molecule has 2 aromatic rings. The van der Waals surface area contributed by atoms with E-state index in [4.69, 9.17) is 0 Å². The molecule has 1 aliphatic rings. The first-order valence-corrected chi connectivity index (χ1v) is 6.50. The molecule has 0 aliphatic carbocycles. The van der Waals surface area contributed by atoms with Gasteiger partial charge in [-0.3, -0.25) is 0 Å². The molecule has 1 unspecified atom stereocenters. The number of aromatic nitrogens is 2. The lowest BCUT2D eigenvalue weighted by atomic mass is 10.00. The molecule has 1 aliphatic heterocycles. The minimum atomic E-state index is -0.183. The topological polar surface area (TPSA) is 17.8 Å². The van der Waals surface area contributed by atoms with Gasteiger partial charge < -0.3 is 4.57 Å². The molecule has 0 amide bonds. The van der Waals surface area contributed by atoms with Gasteiger partial charge in [0.25, 0.3) is 0 Å². The third-order valence-corrected chi connectivity index (χ3v) is 3.68. The van der Waals surface area contributed by atoms with Gasteiger partial charge in [-0.05, 0) is 36.5 Å². The van der Waals surface area contributed by atoms with Gasteiger partial charge in [-0.15, -0.1) is 0 Å². The summed E-state index contributed by atoms with van der Waals surface area (Å²) in [6.45, 7) is 3.34. The second kappa shape index (κ2) is 4.56. The van der Waals surface area contributed by atoms with E-state index < -0.39 is 0 Å². The zero-order valence-electron chi connectivity index (χ0n) is 10.6. The lowest BCUT2D eigenvalue weighted by molar-refractivity contribution is 0.392. The number of rotatable bonds is 2. The number of aryl methyl sites for hydroxylation is 1. The van der Waals surface area contributed by atoms with Crippen molar-refractivity contribution in [1.29, 1.82) is 0 Å². The van der Waals surface area contributed by atoms with Crippen LogP contribution in [0.2, 0.25) is 0 Å². The van der Waals surface area contributed by atoms with Gasteiger partial charge in [-0.1, -0.05) is 19.1 Å². The molecule has 94 valence electrons. The van der Waals surface area contributed by atoms with Crippen molar-refractivity contribution in [3.05, 3.63) is 53.4 Å². The number of nitrogens with zero attached hydrogens (tertiary/aromatic N) is 2.